The van der Waals surface area contributed by atoms with Crippen LogP contribution in [0, 0.1) is 11.5 Å². The van der Waals surface area contributed by atoms with Crippen molar-refractivity contribution in [2.75, 3.05) is 19.1 Å². The lowest BCUT2D eigenvalue weighted by molar-refractivity contribution is -0.116. The second-order valence-electron chi connectivity index (χ2n) is 7.61. The van der Waals surface area contributed by atoms with Crippen molar-refractivity contribution in [2.45, 2.75) is 65.1 Å². The number of methoxy groups -OCH3 is 1. The number of rotatable bonds is 5. The van der Waals surface area contributed by atoms with E-state index in [1.165, 1.54) is 0 Å². The molecule has 0 saturated heterocycles. The van der Waals surface area contributed by atoms with Gasteiger partial charge in [0.1, 0.15) is 13.8 Å². The predicted octanol–water partition coefficient (Wildman–Crippen LogP) is 5.25. The highest BCUT2D eigenvalue weighted by molar-refractivity contribution is 6.90. The van der Waals surface area contributed by atoms with Crippen molar-refractivity contribution in [1.82, 2.24) is 0 Å². The topological polar surface area (TPSA) is 29.5 Å². The first kappa shape index (κ1) is 21.3. The summed E-state index contributed by atoms with van der Waals surface area (Å²) in [7, 11) is 1.61. The minimum Gasteiger partial charge on any atom is -0.497 e. The first-order chi connectivity index (χ1) is 11.6. The molecule has 0 saturated carbocycles. The molecular weight excluding hydrogens is 326 g/mol. The fourth-order valence-corrected chi connectivity index (χ4v) is 9.03. The molecule has 0 unspecified atom stereocenters. The number of anilines is 1. The number of carbonyl (C=O) groups excluding carboxylic acids is 1. The summed E-state index contributed by atoms with van der Waals surface area (Å²) in [6, 6.07) is 5.72. The minimum atomic E-state index is -1.83. The first-order valence-electron chi connectivity index (χ1n) is 9.03. The van der Waals surface area contributed by atoms with Crippen LogP contribution in [0.15, 0.2) is 18.2 Å². The van der Waals surface area contributed by atoms with Crippen LogP contribution in [0.25, 0.3) is 0 Å². The molecule has 0 heterocycles. The van der Waals surface area contributed by atoms with Gasteiger partial charge in [-0.2, -0.15) is 0 Å². The molecule has 0 aliphatic heterocycles. The summed E-state index contributed by atoms with van der Waals surface area (Å²) >= 11 is 0. The molecule has 1 rings (SSSR count). The third-order valence-corrected chi connectivity index (χ3v) is 11.6. The Morgan fingerprint density at radius 3 is 2.00 bits per heavy atom. The van der Waals surface area contributed by atoms with Crippen molar-refractivity contribution < 1.29 is 9.53 Å². The van der Waals surface area contributed by atoms with Crippen molar-refractivity contribution >= 4 is 19.7 Å². The summed E-state index contributed by atoms with van der Waals surface area (Å²) in [6.07, 6.45) is 0. The van der Waals surface area contributed by atoms with Crippen LogP contribution in [-0.4, -0.2) is 28.1 Å². The fraction of sp³-hybridized carbons (Fsp3) is 0.571. The average Bonchev–Trinajstić information content (AvgIpc) is 2.53. The van der Waals surface area contributed by atoms with Crippen LogP contribution in [0.4, 0.5) is 5.69 Å². The Labute approximate surface area is 154 Å². The second kappa shape index (κ2) is 8.58. The highest BCUT2D eigenvalue weighted by Gasteiger charge is 2.41. The lowest BCUT2D eigenvalue weighted by atomic mass is 10.1. The molecule has 1 aromatic rings. The third-order valence-electron chi connectivity index (χ3n) is 5.32. The Bertz CT molecular complexity index is 646. The first-order valence-corrected chi connectivity index (χ1v) is 11.3. The molecular formula is C21H33NO2Si. The lowest BCUT2D eigenvalue weighted by Gasteiger charge is -2.38. The van der Waals surface area contributed by atoms with Gasteiger partial charge in [0.25, 0.3) is 0 Å². The van der Waals surface area contributed by atoms with E-state index in [4.69, 9.17) is 4.74 Å². The highest BCUT2D eigenvalue weighted by atomic mass is 28.3. The molecule has 4 heteroatoms. The van der Waals surface area contributed by atoms with E-state index >= 15 is 0 Å². The maximum Gasteiger partial charge on any atom is 0.223 e. The maximum absolute atomic E-state index is 11.8. The van der Waals surface area contributed by atoms with Gasteiger partial charge >= 0.3 is 0 Å². The molecule has 1 aromatic carbocycles. The zero-order valence-corrected chi connectivity index (χ0v) is 18.2. The van der Waals surface area contributed by atoms with Crippen LogP contribution >= 0.6 is 0 Å². The van der Waals surface area contributed by atoms with Crippen LogP contribution in [0.5, 0.6) is 5.75 Å². The number of hydrogen-bond donors (Lipinski definition) is 0. The lowest BCUT2D eigenvalue weighted by Crippen LogP contribution is -2.43. The van der Waals surface area contributed by atoms with E-state index in [1.807, 2.05) is 18.2 Å². The van der Waals surface area contributed by atoms with Gasteiger partial charge in [-0.3, -0.25) is 4.79 Å². The van der Waals surface area contributed by atoms with Crippen LogP contribution in [0.2, 0.25) is 16.6 Å². The van der Waals surface area contributed by atoms with Gasteiger partial charge in [0.2, 0.25) is 5.91 Å². The Morgan fingerprint density at radius 2 is 1.60 bits per heavy atom. The van der Waals surface area contributed by atoms with Crippen molar-refractivity contribution in [3.05, 3.63) is 23.8 Å². The summed E-state index contributed by atoms with van der Waals surface area (Å²) in [5.41, 5.74) is 7.13. The van der Waals surface area contributed by atoms with E-state index < -0.39 is 8.07 Å². The number of amides is 1. The number of benzene rings is 1. The molecule has 25 heavy (non-hydrogen) atoms. The van der Waals surface area contributed by atoms with E-state index in [0.29, 0.717) is 16.6 Å². The predicted molar refractivity (Wildman–Crippen MR) is 110 cm³/mol. The average molecular weight is 360 g/mol. The zero-order valence-electron chi connectivity index (χ0n) is 17.2. The standard InChI is InChI=1S/C21H33NO2Si/c1-15(2)25(16(3)4,17(5)6)13-12-19-14-20(24-9)10-11-21(19)22(8)18(7)23/h10-11,14-17H,1-9H3. The molecule has 0 radical (unpaired) electrons. The number of carbonyl (C=O) groups is 1. The van der Waals surface area contributed by atoms with Crippen molar-refractivity contribution in [1.29, 1.82) is 0 Å². The van der Waals surface area contributed by atoms with Gasteiger partial charge in [0.15, 0.2) is 0 Å². The van der Waals surface area contributed by atoms with E-state index in [2.05, 4.69) is 53.0 Å². The quantitative estimate of drug-likeness (QED) is 0.531. The van der Waals surface area contributed by atoms with Crippen LogP contribution in [-0.2, 0) is 4.79 Å². The normalized spacial score (nSPS) is 11.5. The van der Waals surface area contributed by atoms with Gasteiger partial charge in [-0.25, -0.2) is 0 Å². The van der Waals surface area contributed by atoms with Crippen molar-refractivity contribution in [3.8, 4) is 17.2 Å². The fourth-order valence-electron chi connectivity index (χ4n) is 3.81. The van der Waals surface area contributed by atoms with Gasteiger partial charge in [-0.15, -0.1) is 5.54 Å². The molecule has 0 N–H and O–H groups in total. The molecule has 3 nitrogen and oxygen atoms in total. The molecule has 1 amide bonds. The molecule has 138 valence electrons. The highest BCUT2D eigenvalue weighted by Crippen LogP contribution is 2.41. The monoisotopic (exact) mass is 359 g/mol. The van der Waals surface area contributed by atoms with Crippen LogP contribution in [0.1, 0.15) is 54.0 Å². The van der Waals surface area contributed by atoms with E-state index in [0.717, 1.165) is 17.0 Å². The molecule has 0 aromatic heterocycles. The summed E-state index contributed by atoms with van der Waals surface area (Å²) < 4.78 is 5.36. The van der Waals surface area contributed by atoms with E-state index in [9.17, 15) is 4.79 Å². The maximum atomic E-state index is 11.8. The van der Waals surface area contributed by atoms with Crippen molar-refractivity contribution in [2.24, 2.45) is 0 Å². The Morgan fingerprint density at radius 1 is 1.08 bits per heavy atom. The molecule has 0 fully saturated rings. The second-order valence-corrected chi connectivity index (χ2v) is 13.2. The van der Waals surface area contributed by atoms with Gasteiger partial charge < -0.3 is 9.64 Å². The SMILES string of the molecule is COc1ccc(N(C)C(C)=O)c(C#C[Si](C(C)C)(C(C)C)C(C)C)c1. The van der Waals surface area contributed by atoms with Gasteiger partial charge in [-0.1, -0.05) is 47.5 Å². The summed E-state index contributed by atoms with van der Waals surface area (Å²) in [4.78, 5) is 13.5. The van der Waals surface area contributed by atoms with Crippen molar-refractivity contribution in [3.63, 3.8) is 0 Å². The summed E-state index contributed by atoms with van der Waals surface area (Å²) in [6.45, 7) is 15.4. The van der Waals surface area contributed by atoms with Gasteiger partial charge in [0.05, 0.1) is 18.4 Å². The Balaban J connectivity index is 3.56. The third kappa shape index (κ3) is 4.46. The summed E-state index contributed by atoms with van der Waals surface area (Å²) in [5, 5.41) is 0. The van der Waals surface area contributed by atoms with E-state index in [1.54, 1.807) is 26.0 Å². The molecule has 0 bridgehead atoms. The number of ether oxygens (including phenoxy) is 1. The smallest absolute Gasteiger partial charge is 0.223 e. The molecule has 0 aliphatic carbocycles. The molecule has 0 atom stereocenters. The van der Waals surface area contributed by atoms with Crippen LogP contribution < -0.4 is 9.64 Å². The van der Waals surface area contributed by atoms with Gasteiger partial charge in [0, 0.05) is 14.0 Å². The minimum absolute atomic E-state index is 0.00620. The van der Waals surface area contributed by atoms with E-state index in [-0.39, 0.29) is 5.91 Å². The van der Waals surface area contributed by atoms with Crippen LogP contribution in [0.3, 0.4) is 0 Å². The largest absolute Gasteiger partial charge is 0.497 e. The zero-order chi connectivity index (χ0) is 19.4. The molecule has 0 spiro atoms. The summed E-state index contributed by atoms with van der Waals surface area (Å²) in [5.74, 6) is 4.20. The van der Waals surface area contributed by atoms with Gasteiger partial charge in [-0.05, 0) is 34.8 Å². The Kier molecular flexibility index (Phi) is 7.31. The number of nitrogens with zero attached hydrogens (tertiary/aromatic N) is 1. The Hall–Kier alpha value is -1.73. The number of hydrogen-bond acceptors (Lipinski definition) is 2. The molecule has 0 aliphatic rings.